The van der Waals surface area contributed by atoms with Crippen molar-refractivity contribution < 1.29 is 32.5 Å². The highest BCUT2D eigenvalue weighted by atomic mass is 19.4. The van der Waals surface area contributed by atoms with Crippen LogP contribution in [0.15, 0.2) is 54.6 Å². The maximum atomic E-state index is 12.8. The van der Waals surface area contributed by atoms with E-state index in [1.807, 2.05) is 0 Å². The highest BCUT2D eigenvalue weighted by molar-refractivity contribution is 5.96. The van der Waals surface area contributed by atoms with Gasteiger partial charge in [-0.25, -0.2) is 4.98 Å². The first-order chi connectivity index (χ1) is 14.8. The van der Waals surface area contributed by atoms with E-state index in [1.54, 1.807) is 35.2 Å². The van der Waals surface area contributed by atoms with Gasteiger partial charge in [0.05, 0.1) is 5.52 Å². The van der Waals surface area contributed by atoms with Crippen molar-refractivity contribution in [3.8, 4) is 17.2 Å². The Morgan fingerprint density at radius 3 is 2.48 bits per heavy atom. The molecule has 1 amide bonds. The number of benzene rings is 2. The summed E-state index contributed by atoms with van der Waals surface area (Å²) in [5.41, 5.74) is 0.692. The molecule has 4 rings (SSSR count). The first-order valence-corrected chi connectivity index (χ1v) is 9.69. The number of fused-ring (bicyclic) bond motifs is 1. The van der Waals surface area contributed by atoms with E-state index in [2.05, 4.69) is 9.72 Å². The Morgan fingerprint density at radius 2 is 1.74 bits per heavy atom. The van der Waals surface area contributed by atoms with Gasteiger partial charge in [0.25, 0.3) is 5.91 Å². The molecule has 1 saturated heterocycles. The summed E-state index contributed by atoms with van der Waals surface area (Å²) >= 11 is 0. The topological polar surface area (TPSA) is 71.9 Å². The molecule has 0 atom stereocenters. The summed E-state index contributed by atoms with van der Waals surface area (Å²) in [6.45, 7) is 0.801. The number of likely N-dealkylation sites (tertiary alicyclic amines) is 1. The lowest BCUT2D eigenvalue weighted by atomic mass is 10.1. The maximum Gasteiger partial charge on any atom is 0.573 e. The molecule has 2 aromatic carbocycles. The molecular formula is C22H19F3N2O4. The number of para-hydroxylation sites is 1. The lowest BCUT2D eigenvalue weighted by molar-refractivity contribution is -0.274. The standard InChI is InChI=1S/C22H19F3N2O4/c23-22(24,25)31-16-5-3-4-15(12-16)30-14-8-10-27(11-9-14)21(29)19-13-20(28)17-6-1-2-7-18(17)26-19/h1-7,12-14H,8-11H2,(H,26,28). The SMILES string of the molecule is O=C(c1cc(O)c2ccccc2n1)N1CCC(Oc2cccc(OC(F)(F)F)c2)CC1. The first kappa shape index (κ1) is 20.8. The third-order valence-electron chi connectivity index (χ3n) is 4.98. The number of aromatic nitrogens is 1. The highest BCUT2D eigenvalue weighted by Gasteiger charge is 2.31. The van der Waals surface area contributed by atoms with Crippen LogP contribution in [0.1, 0.15) is 23.3 Å². The Labute approximate surface area is 175 Å². The second kappa shape index (κ2) is 8.33. The van der Waals surface area contributed by atoms with E-state index in [4.69, 9.17) is 4.74 Å². The normalized spacial score (nSPS) is 15.1. The van der Waals surface area contributed by atoms with Gasteiger partial charge >= 0.3 is 6.36 Å². The molecule has 1 fully saturated rings. The number of nitrogens with zero attached hydrogens (tertiary/aromatic N) is 2. The maximum absolute atomic E-state index is 12.8. The summed E-state index contributed by atoms with van der Waals surface area (Å²) in [7, 11) is 0. The van der Waals surface area contributed by atoms with E-state index in [9.17, 15) is 23.1 Å². The summed E-state index contributed by atoms with van der Waals surface area (Å²) in [5.74, 6) is -0.374. The van der Waals surface area contributed by atoms with Gasteiger partial charge in [-0.3, -0.25) is 4.79 Å². The van der Waals surface area contributed by atoms with Crippen LogP contribution in [0.25, 0.3) is 10.9 Å². The van der Waals surface area contributed by atoms with Gasteiger partial charge < -0.3 is 19.5 Å². The summed E-state index contributed by atoms with van der Waals surface area (Å²) in [6, 6.07) is 13.7. The quantitative estimate of drug-likeness (QED) is 0.656. The largest absolute Gasteiger partial charge is 0.573 e. The molecule has 0 unspecified atom stereocenters. The van der Waals surface area contributed by atoms with Gasteiger partial charge in [0.1, 0.15) is 29.0 Å². The van der Waals surface area contributed by atoms with E-state index in [0.29, 0.717) is 36.8 Å². The van der Waals surface area contributed by atoms with E-state index in [0.717, 1.165) is 0 Å². The minimum atomic E-state index is -4.77. The third-order valence-corrected chi connectivity index (χ3v) is 4.98. The molecule has 1 aliphatic heterocycles. The highest BCUT2D eigenvalue weighted by Crippen LogP contribution is 2.28. The Kier molecular flexibility index (Phi) is 5.58. The van der Waals surface area contributed by atoms with Gasteiger partial charge in [-0.15, -0.1) is 13.2 Å². The van der Waals surface area contributed by atoms with Crippen molar-refractivity contribution in [3.63, 3.8) is 0 Å². The second-order valence-electron chi connectivity index (χ2n) is 7.18. The minimum absolute atomic E-state index is 0.00636. The lowest BCUT2D eigenvalue weighted by Crippen LogP contribution is -2.42. The van der Waals surface area contributed by atoms with E-state index < -0.39 is 6.36 Å². The number of halogens is 3. The molecule has 9 heteroatoms. The number of carbonyl (C=O) groups is 1. The number of pyridine rings is 1. The molecule has 6 nitrogen and oxygen atoms in total. The number of piperidine rings is 1. The van der Waals surface area contributed by atoms with Crippen LogP contribution in [0.2, 0.25) is 0 Å². The van der Waals surface area contributed by atoms with Crippen molar-refractivity contribution >= 4 is 16.8 Å². The van der Waals surface area contributed by atoms with Crippen LogP contribution in [0, 0.1) is 0 Å². The zero-order valence-corrected chi connectivity index (χ0v) is 16.3. The van der Waals surface area contributed by atoms with Crippen LogP contribution in [0.4, 0.5) is 13.2 Å². The molecule has 0 radical (unpaired) electrons. The number of hydrogen-bond acceptors (Lipinski definition) is 5. The Balaban J connectivity index is 1.38. The van der Waals surface area contributed by atoms with Gasteiger partial charge in [-0.1, -0.05) is 18.2 Å². The average molecular weight is 432 g/mol. The van der Waals surface area contributed by atoms with Crippen molar-refractivity contribution in [2.75, 3.05) is 13.1 Å². The van der Waals surface area contributed by atoms with Crippen LogP contribution in [-0.2, 0) is 0 Å². The van der Waals surface area contributed by atoms with Gasteiger partial charge in [-0.2, -0.15) is 0 Å². The van der Waals surface area contributed by atoms with Gasteiger partial charge in [-0.05, 0) is 24.3 Å². The summed E-state index contributed by atoms with van der Waals surface area (Å²) in [5, 5.41) is 10.8. The molecule has 1 aromatic heterocycles. The molecule has 2 heterocycles. The molecule has 0 aliphatic carbocycles. The van der Waals surface area contributed by atoms with Crippen LogP contribution in [0.3, 0.4) is 0 Å². The number of ether oxygens (including phenoxy) is 2. The van der Waals surface area contributed by atoms with E-state index >= 15 is 0 Å². The van der Waals surface area contributed by atoms with Gasteiger partial charge in [0, 0.05) is 43.5 Å². The fourth-order valence-electron chi connectivity index (χ4n) is 3.54. The average Bonchev–Trinajstić information content (AvgIpc) is 2.73. The molecule has 1 N–H and O–H groups in total. The van der Waals surface area contributed by atoms with Gasteiger partial charge in [0.15, 0.2) is 0 Å². The second-order valence-corrected chi connectivity index (χ2v) is 7.18. The smallest absolute Gasteiger partial charge is 0.507 e. The molecule has 0 spiro atoms. The molecule has 3 aromatic rings. The summed E-state index contributed by atoms with van der Waals surface area (Å²) in [6.07, 6.45) is -4.00. The van der Waals surface area contributed by atoms with Crippen molar-refractivity contribution in [2.45, 2.75) is 25.3 Å². The monoisotopic (exact) mass is 432 g/mol. The summed E-state index contributed by atoms with van der Waals surface area (Å²) < 4.78 is 46.8. The number of amides is 1. The summed E-state index contributed by atoms with van der Waals surface area (Å²) in [4.78, 5) is 18.8. The Hall–Kier alpha value is -3.49. The lowest BCUT2D eigenvalue weighted by Gasteiger charge is -2.32. The fourth-order valence-corrected chi connectivity index (χ4v) is 3.54. The number of alkyl halides is 3. The van der Waals surface area contributed by atoms with Crippen LogP contribution in [0.5, 0.6) is 17.2 Å². The molecule has 162 valence electrons. The van der Waals surface area contributed by atoms with E-state index in [-0.39, 0.29) is 35.0 Å². The number of rotatable bonds is 4. The molecular weight excluding hydrogens is 413 g/mol. The van der Waals surface area contributed by atoms with Crippen LogP contribution < -0.4 is 9.47 Å². The van der Waals surface area contributed by atoms with Crippen LogP contribution >= 0.6 is 0 Å². The Morgan fingerprint density at radius 1 is 1.03 bits per heavy atom. The first-order valence-electron chi connectivity index (χ1n) is 9.69. The zero-order valence-electron chi connectivity index (χ0n) is 16.3. The van der Waals surface area contributed by atoms with E-state index in [1.165, 1.54) is 24.3 Å². The van der Waals surface area contributed by atoms with Crippen molar-refractivity contribution in [1.82, 2.24) is 9.88 Å². The zero-order chi connectivity index (χ0) is 22.0. The molecule has 31 heavy (non-hydrogen) atoms. The van der Waals surface area contributed by atoms with Crippen molar-refractivity contribution in [1.29, 1.82) is 0 Å². The predicted molar refractivity (Wildman–Crippen MR) is 106 cm³/mol. The molecule has 0 bridgehead atoms. The van der Waals surface area contributed by atoms with Gasteiger partial charge in [0.2, 0.25) is 0 Å². The number of hydrogen-bond donors (Lipinski definition) is 1. The van der Waals surface area contributed by atoms with Crippen molar-refractivity contribution in [3.05, 3.63) is 60.3 Å². The predicted octanol–water partition coefficient (Wildman–Crippen LogP) is 4.52. The third kappa shape index (κ3) is 4.99. The number of aromatic hydroxyl groups is 1. The number of carbonyl (C=O) groups excluding carboxylic acids is 1. The molecule has 0 saturated carbocycles. The fraction of sp³-hybridized carbons (Fsp3) is 0.273. The minimum Gasteiger partial charge on any atom is -0.507 e. The molecule has 1 aliphatic rings. The Bertz CT molecular complexity index is 1100. The van der Waals surface area contributed by atoms with Crippen LogP contribution in [-0.4, -0.2) is 46.5 Å². The van der Waals surface area contributed by atoms with Crippen molar-refractivity contribution in [2.24, 2.45) is 0 Å².